The van der Waals surface area contributed by atoms with Crippen molar-refractivity contribution in [3.05, 3.63) is 23.9 Å². The first-order valence-corrected chi connectivity index (χ1v) is 6.45. The first kappa shape index (κ1) is 12.4. The van der Waals surface area contributed by atoms with Gasteiger partial charge in [0.05, 0.1) is 0 Å². The van der Waals surface area contributed by atoms with Crippen molar-refractivity contribution in [2.75, 3.05) is 18.0 Å². The van der Waals surface area contributed by atoms with Gasteiger partial charge in [-0.2, -0.15) is 0 Å². The maximum Gasteiger partial charge on any atom is 0.133 e. The Morgan fingerprint density at radius 3 is 2.59 bits per heavy atom. The SMILES string of the molecule is C[C@H](N)c1cccnc1N1CCC(C)(C)CC1. The Morgan fingerprint density at radius 1 is 1.35 bits per heavy atom. The number of aromatic nitrogens is 1. The highest BCUT2D eigenvalue weighted by molar-refractivity contribution is 5.48. The molecule has 2 rings (SSSR count). The molecule has 0 aromatic carbocycles. The average molecular weight is 233 g/mol. The molecule has 94 valence electrons. The van der Waals surface area contributed by atoms with Crippen molar-refractivity contribution in [1.29, 1.82) is 0 Å². The lowest BCUT2D eigenvalue weighted by molar-refractivity contribution is 0.279. The molecule has 1 fully saturated rings. The largest absolute Gasteiger partial charge is 0.356 e. The van der Waals surface area contributed by atoms with E-state index in [2.05, 4.69) is 29.8 Å². The predicted molar refractivity (Wildman–Crippen MR) is 72.1 cm³/mol. The van der Waals surface area contributed by atoms with Gasteiger partial charge in [-0.25, -0.2) is 4.98 Å². The van der Waals surface area contributed by atoms with E-state index in [4.69, 9.17) is 5.73 Å². The van der Waals surface area contributed by atoms with Crippen LogP contribution in [-0.4, -0.2) is 18.1 Å². The Hall–Kier alpha value is -1.09. The third kappa shape index (κ3) is 2.78. The van der Waals surface area contributed by atoms with Gasteiger partial charge in [-0.3, -0.25) is 0 Å². The molecule has 3 nitrogen and oxygen atoms in total. The van der Waals surface area contributed by atoms with E-state index < -0.39 is 0 Å². The van der Waals surface area contributed by atoms with E-state index in [0.717, 1.165) is 24.5 Å². The fourth-order valence-corrected chi connectivity index (χ4v) is 2.35. The summed E-state index contributed by atoms with van der Waals surface area (Å²) in [5.74, 6) is 1.08. The van der Waals surface area contributed by atoms with Gasteiger partial charge in [-0.15, -0.1) is 0 Å². The van der Waals surface area contributed by atoms with E-state index in [9.17, 15) is 0 Å². The number of anilines is 1. The molecule has 0 spiro atoms. The Kier molecular flexibility index (Phi) is 3.38. The van der Waals surface area contributed by atoms with Gasteiger partial charge in [0.25, 0.3) is 0 Å². The van der Waals surface area contributed by atoms with Gasteiger partial charge >= 0.3 is 0 Å². The molecule has 0 radical (unpaired) electrons. The minimum absolute atomic E-state index is 0.0497. The summed E-state index contributed by atoms with van der Waals surface area (Å²) in [6.07, 6.45) is 4.31. The molecule has 1 aromatic heterocycles. The fourth-order valence-electron chi connectivity index (χ4n) is 2.35. The second-order valence-corrected chi connectivity index (χ2v) is 5.86. The molecule has 1 saturated heterocycles. The Morgan fingerprint density at radius 2 is 2.00 bits per heavy atom. The summed E-state index contributed by atoms with van der Waals surface area (Å²) in [6, 6.07) is 4.11. The van der Waals surface area contributed by atoms with Crippen LogP contribution >= 0.6 is 0 Å². The zero-order valence-corrected chi connectivity index (χ0v) is 11.1. The highest BCUT2D eigenvalue weighted by atomic mass is 15.2. The van der Waals surface area contributed by atoms with Gasteiger partial charge in [0.2, 0.25) is 0 Å². The van der Waals surface area contributed by atoms with Crippen LogP contribution in [0.1, 0.15) is 45.2 Å². The third-order valence-corrected chi connectivity index (χ3v) is 3.72. The van der Waals surface area contributed by atoms with Crippen molar-refractivity contribution in [1.82, 2.24) is 4.98 Å². The molecule has 1 aliphatic heterocycles. The van der Waals surface area contributed by atoms with Crippen LogP contribution < -0.4 is 10.6 Å². The van der Waals surface area contributed by atoms with Gasteiger partial charge in [0, 0.05) is 30.9 Å². The van der Waals surface area contributed by atoms with Gasteiger partial charge < -0.3 is 10.6 Å². The number of nitrogens with two attached hydrogens (primary N) is 1. The number of hydrogen-bond donors (Lipinski definition) is 1. The normalized spacial score (nSPS) is 21.3. The van der Waals surface area contributed by atoms with Crippen LogP contribution in [0.2, 0.25) is 0 Å². The van der Waals surface area contributed by atoms with E-state index in [1.54, 1.807) is 0 Å². The maximum atomic E-state index is 6.01. The molecular weight excluding hydrogens is 210 g/mol. The number of piperidine rings is 1. The molecule has 0 amide bonds. The summed E-state index contributed by atoms with van der Waals surface area (Å²) >= 11 is 0. The van der Waals surface area contributed by atoms with E-state index in [1.807, 2.05) is 19.2 Å². The molecule has 0 unspecified atom stereocenters. The quantitative estimate of drug-likeness (QED) is 0.854. The Bertz CT molecular complexity index is 375. The molecule has 2 heterocycles. The van der Waals surface area contributed by atoms with E-state index in [0.29, 0.717) is 5.41 Å². The topological polar surface area (TPSA) is 42.1 Å². The predicted octanol–water partition coefficient (Wildman–Crippen LogP) is 2.73. The Balaban J connectivity index is 2.18. The zero-order valence-electron chi connectivity index (χ0n) is 11.1. The van der Waals surface area contributed by atoms with E-state index in [-0.39, 0.29) is 6.04 Å². The fraction of sp³-hybridized carbons (Fsp3) is 0.643. The first-order valence-electron chi connectivity index (χ1n) is 6.45. The number of hydrogen-bond acceptors (Lipinski definition) is 3. The Labute approximate surface area is 104 Å². The number of nitrogens with zero attached hydrogens (tertiary/aromatic N) is 2. The van der Waals surface area contributed by atoms with E-state index >= 15 is 0 Å². The summed E-state index contributed by atoms with van der Waals surface area (Å²) in [5.41, 5.74) is 7.64. The maximum absolute atomic E-state index is 6.01. The zero-order chi connectivity index (χ0) is 12.5. The lowest BCUT2D eigenvalue weighted by atomic mass is 9.82. The van der Waals surface area contributed by atoms with Crippen LogP contribution in [0.5, 0.6) is 0 Å². The molecular formula is C14H23N3. The number of rotatable bonds is 2. The van der Waals surface area contributed by atoms with Gasteiger partial charge in [0.1, 0.15) is 5.82 Å². The average Bonchev–Trinajstić information content (AvgIpc) is 2.29. The lowest BCUT2D eigenvalue weighted by Gasteiger charge is -2.38. The smallest absolute Gasteiger partial charge is 0.133 e. The van der Waals surface area contributed by atoms with Crippen LogP contribution in [-0.2, 0) is 0 Å². The lowest BCUT2D eigenvalue weighted by Crippen LogP contribution is -2.38. The van der Waals surface area contributed by atoms with Crippen molar-refractivity contribution in [3.8, 4) is 0 Å². The molecule has 1 aromatic rings. The van der Waals surface area contributed by atoms with Crippen molar-refractivity contribution < 1.29 is 0 Å². The summed E-state index contributed by atoms with van der Waals surface area (Å²) < 4.78 is 0. The van der Waals surface area contributed by atoms with Gasteiger partial charge in [-0.1, -0.05) is 19.9 Å². The minimum atomic E-state index is 0.0497. The summed E-state index contributed by atoms with van der Waals surface area (Å²) in [6.45, 7) is 8.88. The summed E-state index contributed by atoms with van der Waals surface area (Å²) in [4.78, 5) is 6.90. The molecule has 0 saturated carbocycles. The third-order valence-electron chi connectivity index (χ3n) is 3.72. The van der Waals surface area contributed by atoms with Crippen LogP contribution in [0.4, 0.5) is 5.82 Å². The van der Waals surface area contributed by atoms with Crippen LogP contribution in [0.15, 0.2) is 18.3 Å². The van der Waals surface area contributed by atoms with Crippen LogP contribution in [0, 0.1) is 5.41 Å². The highest BCUT2D eigenvalue weighted by Gasteiger charge is 2.27. The van der Waals surface area contributed by atoms with Crippen molar-refractivity contribution in [2.24, 2.45) is 11.1 Å². The van der Waals surface area contributed by atoms with Crippen molar-refractivity contribution in [3.63, 3.8) is 0 Å². The second-order valence-electron chi connectivity index (χ2n) is 5.86. The minimum Gasteiger partial charge on any atom is -0.356 e. The van der Waals surface area contributed by atoms with Gasteiger partial charge in [0.15, 0.2) is 0 Å². The van der Waals surface area contributed by atoms with Crippen molar-refractivity contribution >= 4 is 5.82 Å². The molecule has 0 bridgehead atoms. The van der Waals surface area contributed by atoms with Crippen molar-refractivity contribution in [2.45, 2.75) is 39.7 Å². The summed E-state index contributed by atoms with van der Waals surface area (Å²) in [7, 11) is 0. The highest BCUT2D eigenvalue weighted by Crippen LogP contribution is 2.33. The van der Waals surface area contributed by atoms with Crippen LogP contribution in [0.3, 0.4) is 0 Å². The summed E-state index contributed by atoms with van der Waals surface area (Å²) in [5, 5.41) is 0. The molecule has 2 N–H and O–H groups in total. The number of pyridine rings is 1. The standard InChI is InChI=1S/C14H23N3/c1-11(15)12-5-4-8-16-13(12)17-9-6-14(2,3)7-10-17/h4-5,8,11H,6-7,9-10,15H2,1-3H3/t11-/m0/s1. The monoisotopic (exact) mass is 233 g/mol. The molecule has 17 heavy (non-hydrogen) atoms. The van der Waals surface area contributed by atoms with Gasteiger partial charge in [-0.05, 0) is 31.2 Å². The first-order chi connectivity index (χ1) is 7.99. The van der Waals surface area contributed by atoms with E-state index in [1.165, 1.54) is 12.8 Å². The molecule has 0 aliphatic carbocycles. The molecule has 3 heteroatoms. The second kappa shape index (κ2) is 4.65. The van der Waals surface area contributed by atoms with Crippen LogP contribution in [0.25, 0.3) is 0 Å². The molecule has 1 atom stereocenters. The molecule has 1 aliphatic rings.